The molecule has 0 atom stereocenters. The van der Waals surface area contributed by atoms with Gasteiger partial charge in [-0.25, -0.2) is 0 Å². The average Bonchev–Trinajstić information content (AvgIpc) is 1.85. The molecule has 0 aliphatic heterocycles. The van der Waals surface area contributed by atoms with Gasteiger partial charge >= 0.3 is 0 Å². The molecule has 12 heavy (non-hydrogen) atoms. The molecular weight excluding hydrogens is 240 g/mol. The number of nitrogens with one attached hydrogen (secondary N) is 1. The van der Waals surface area contributed by atoms with Gasteiger partial charge in [-0.15, -0.1) is 12.4 Å². The molecule has 1 rings (SSSR count). The van der Waals surface area contributed by atoms with Crippen molar-refractivity contribution in [1.29, 1.82) is 0 Å². The molecule has 0 aliphatic rings. The van der Waals surface area contributed by atoms with Gasteiger partial charge in [-0.05, 0) is 12.1 Å². The Kier molecular flexibility index (Phi) is 5.10. The minimum absolute atomic E-state index is 0. The van der Waals surface area contributed by atoms with Crippen LogP contribution in [0.3, 0.4) is 0 Å². The van der Waals surface area contributed by atoms with E-state index in [0.717, 1.165) is 0 Å². The maximum atomic E-state index is 5.80. The normalized spacial score (nSPS) is 9.00. The van der Waals surface area contributed by atoms with Crippen molar-refractivity contribution in [2.45, 2.75) is 0 Å². The Bertz CT molecular complexity index is 251. The Morgan fingerprint density at radius 1 is 1.08 bits per heavy atom. The average molecular weight is 247 g/mol. The standard InChI is InChI=1S/C7H6Cl3N.ClH/c1-11-7-5(9)2-4(8)3-6(7)10;/h2-3,11H,1H3;1H. The molecule has 0 aromatic heterocycles. The van der Waals surface area contributed by atoms with E-state index < -0.39 is 0 Å². The molecule has 68 valence electrons. The summed E-state index contributed by atoms with van der Waals surface area (Å²) in [6, 6.07) is 3.28. The monoisotopic (exact) mass is 245 g/mol. The predicted octanol–water partition coefficient (Wildman–Crippen LogP) is 4.11. The highest BCUT2D eigenvalue weighted by molar-refractivity contribution is 6.41. The van der Waals surface area contributed by atoms with Gasteiger partial charge in [-0.2, -0.15) is 0 Å². The summed E-state index contributed by atoms with van der Waals surface area (Å²) < 4.78 is 0. The Balaban J connectivity index is 0.00000121. The van der Waals surface area contributed by atoms with Crippen LogP contribution in [0.2, 0.25) is 15.1 Å². The van der Waals surface area contributed by atoms with Crippen LogP contribution in [0.15, 0.2) is 12.1 Å². The maximum absolute atomic E-state index is 5.80. The van der Waals surface area contributed by atoms with E-state index in [9.17, 15) is 0 Å². The van der Waals surface area contributed by atoms with Crippen molar-refractivity contribution < 1.29 is 0 Å². The molecule has 0 saturated carbocycles. The number of hydrogen-bond acceptors (Lipinski definition) is 1. The highest BCUT2D eigenvalue weighted by Gasteiger charge is 2.04. The molecule has 0 spiro atoms. The Morgan fingerprint density at radius 2 is 1.50 bits per heavy atom. The van der Waals surface area contributed by atoms with Crippen molar-refractivity contribution in [2.75, 3.05) is 12.4 Å². The van der Waals surface area contributed by atoms with Crippen LogP contribution in [0.25, 0.3) is 0 Å². The third kappa shape index (κ3) is 2.60. The molecule has 0 unspecified atom stereocenters. The first-order valence-corrected chi connectivity index (χ1v) is 4.11. The summed E-state index contributed by atoms with van der Waals surface area (Å²) in [4.78, 5) is 0. The summed E-state index contributed by atoms with van der Waals surface area (Å²) in [5, 5.41) is 4.47. The molecule has 0 bridgehead atoms. The fourth-order valence-electron chi connectivity index (χ4n) is 0.781. The lowest BCUT2D eigenvalue weighted by molar-refractivity contribution is 1.51. The van der Waals surface area contributed by atoms with Crippen LogP contribution < -0.4 is 5.32 Å². The molecule has 0 amide bonds. The van der Waals surface area contributed by atoms with Gasteiger partial charge < -0.3 is 5.32 Å². The van der Waals surface area contributed by atoms with Gasteiger partial charge in [0.2, 0.25) is 0 Å². The third-order valence-corrected chi connectivity index (χ3v) is 2.07. The summed E-state index contributed by atoms with van der Waals surface area (Å²) in [5.74, 6) is 0. The SMILES string of the molecule is CNc1c(Cl)cc(Cl)cc1Cl.Cl. The summed E-state index contributed by atoms with van der Waals surface area (Å²) in [6.07, 6.45) is 0. The smallest absolute Gasteiger partial charge is 0.0717 e. The van der Waals surface area contributed by atoms with E-state index in [4.69, 9.17) is 34.8 Å². The minimum atomic E-state index is 0. The first-order chi connectivity index (χ1) is 5.15. The van der Waals surface area contributed by atoms with Crippen molar-refractivity contribution >= 4 is 52.9 Å². The fraction of sp³-hybridized carbons (Fsp3) is 0.143. The molecule has 1 nitrogen and oxygen atoms in total. The third-order valence-electron chi connectivity index (χ3n) is 1.26. The topological polar surface area (TPSA) is 12.0 Å². The Labute approximate surface area is 92.4 Å². The van der Waals surface area contributed by atoms with Gasteiger partial charge in [0, 0.05) is 12.1 Å². The molecule has 0 saturated heterocycles. The van der Waals surface area contributed by atoms with E-state index >= 15 is 0 Å². The minimum Gasteiger partial charge on any atom is -0.386 e. The van der Waals surface area contributed by atoms with Gasteiger partial charge in [0.25, 0.3) is 0 Å². The van der Waals surface area contributed by atoms with Crippen LogP contribution in [0, 0.1) is 0 Å². The lowest BCUT2D eigenvalue weighted by atomic mass is 10.3. The molecule has 1 aromatic rings. The summed E-state index contributed by atoms with van der Waals surface area (Å²) in [7, 11) is 1.75. The number of hydrogen-bond donors (Lipinski definition) is 1. The molecule has 5 heteroatoms. The highest BCUT2D eigenvalue weighted by Crippen LogP contribution is 2.32. The van der Waals surface area contributed by atoms with E-state index in [2.05, 4.69) is 5.32 Å². The summed E-state index contributed by atoms with van der Waals surface area (Å²) in [5.41, 5.74) is 0.706. The van der Waals surface area contributed by atoms with E-state index in [1.165, 1.54) is 0 Å². The number of anilines is 1. The number of rotatable bonds is 1. The van der Waals surface area contributed by atoms with Gasteiger partial charge in [-0.1, -0.05) is 34.8 Å². The second-order valence-corrected chi connectivity index (χ2v) is 3.25. The molecule has 1 N–H and O–H groups in total. The van der Waals surface area contributed by atoms with Crippen LogP contribution in [0.1, 0.15) is 0 Å². The van der Waals surface area contributed by atoms with Crippen LogP contribution >= 0.6 is 47.2 Å². The first kappa shape index (κ1) is 12.2. The molecule has 0 aliphatic carbocycles. The quantitative estimate of drug-likeness (QED) is 0.787. The molecule has 0 heterocycles. The van der Waals surface area contributed by atoms with Crippen molar-refractivity contribution in [1.82, 2.24) is 0 Å². The maximum Gasteiger partial charge on any atom is 0.0717 e. The second-order valence-electron chi connectivity index (χ2n) is 1.99. The fourth-order valence-corrected chi connectivity index (χ4v) is 1.79. The lowest BCUT2D eigenvalue weighted by Crippen LogP contribution is -1.89. The predicted molar refractivity (Wildman–Crippen MR) is 58.3 cm³/mol. The summed E-state index contributed by atoms with van der Waals surface area (Å²) >= 11 is 17.3. The van der Waals surface area contributed by atoms with Crippen LogP contribution in [0.4, 0.5) is 5.69 Å². The first-order valence-electron chi connectivity index (χ1n) is 2.97. The van der Waals surface area contributed by atoms with Gasteiger partial charge in [0.1, 0.15) is 0 Å². The van der Waals surface area contributed by atoms with E-state index in [1.54, 1.807) is 19.2 Å². The molecule has 0 radical (unpaired) electrons. The molecule has 0 fully saturated rings. The van der Waals surface area contributed by atoms with E-state index in [-0.39, 0.29) is 12.4 Å². The number of halogens is 4. The van der Waals surface area contributed by atoms with Crippen molar-refractivity contribution in [3.63, 3.8) is 0 Å². The van der Waals surface area contributed by atoms with Gasteiger partial charge in [0.05, 0.1) is 15.7 Å². The van der Waals surface area contributed by atoms with Crippen LogP contribution in [-0.2, 0) is 0 Å². The van der Waals surface area contributed by atoms with Crippen LogP contribution in [-0.4, -0.2) is 7.05 Å². The van der Waals surface area contributed by atoms with Gasteiger partial charge in [-0.3, -0.25) is 0 Å². The van der Waals surface area contributed by atoms with Crippen molar-refractivity contribution in [3.8, 4) is 0 Å². The zero-order valence-electron chi connectivity index (χ0n) is 6.20. The Hall–Kier alpha value is 0.180. The summed E-state index contributed by atoms with van der Waals surface area (Å²) in [6.45, 7) is 0. The zero-order chi connectivity index (χ0) is 8.43. The van der Waals surface area contributed by atoms with Gasteiger partial charge in [0.15, 0.2) is 0 Å². The zero-order valence-corrected chi connectivity index (χ0v) is 9.28. The van der Waals surface area contributed by atoms with Crippen LogP contribution in [0.5, 0.6) is 0 Å². The van der Waals surface area contributed by atoms with E-state index in [1.807, 2.05) is 0 Å². The van der Waals surface area contributed by atoms with E-state index in [0.29, 0.717) is 20.8 Å². The van der Waals surface area contributed by atoms with Crippen molar-refractivity contribution in [2.24, 2.45) is 0 Å². The molecular formula is C7H7Cl4N. The highest BCUT2D eigenvalue weighted by atomic mass is 35.5. The number of benzene rings is 1. The molecule has 1 aromatic carbocycles. The second kappa shape index (κ2) is 5.03. The largest absolute Gasteiger partial charge is 0.386 e. The lowest BCUT2D eigenvalue weighted by Gasteiger charge is -2.05. The Morgan fingerprint density at radius 3 is 1.83 bits per heavy atom. The van der Waals surface area contributed by atoms with Crippen molar-refractivity contribution in [3.05, 3.63) is 27.2 Å².